The number of nitrogens with one attached hydrogen (secondary N) is 2. The van der Waals surface area contributed by atoms with Crippen molar-refractivity contribution < 1.29 is 14.6 Å². The van der Waals surface area contributed by atoms with E-state index in [2.05, 4.69) is 81.6 Å². The molecule has 268 valence electrons. The fourth-order valence-corrected chi connectivity index (χ4v) is 6.72. The summed E-state index contributed by atoms with van der Waals surface area (Å²) in [7, 11) is 5.48. The van der Waals surface area contributed by atoms with Gasteiger partial charge in [-0.1, -0.05) is 19.6 Å². The van der Waals surface area contributed by atoms with Gasteiger partial charge in [-0.15, -0.1) is 0 Å². The van der Waals surface area contributed by atoms with Crippen molar-refractivity contribution in [2.75, 3.05) is 38.4 Å². The van der Waals surface area contributed by atoms with Crippen molar-refractivity contribution in [3.05, 3.63) is 60.1 Å². The number of ether oxygens (including phenoxy) is 2. The van der Waals surface area contributed by atoms with Crippen molar-refractivity contribution in [2.24, 2.45) is 0 Å². The molecule has 49 heavy (non-hydrogen) atoms. The van der Waals surface area contributed by atoms with Gasteiger partial charge >= 0.3 is 0 Å². The fourth-order valence-electron chi connectivity index (χ4n) is 6.72. The number of fused-ring (bicyclic) bond motifs is 1. The van der Waals surface area contributed by atoms with E-state index in [1.165, 1.54) is 0 Å². The Labute approximate surface area is 292 Å². The maximum absolute atomic E-state index is 9.88. The van der Waals surface area contributed by atoms with Crippen molar-refractivity contribution in [1.82, 2.24) is 29.6 Å². The molecule has 0 aromatic carbocycles. The molecule has 0 saturated carbocycles. The number of anilines is 2. The van der Waals surface area contributed by atoms with Gasteiger partial charge in [0, 0.05) is 58.8 Å². The molecule has 3 aromatic rings. The summed E-state index contributed by atoms with van der Waals surface area (Å²) >= 11 is 0. The number of methoxy groups -OCH3 is 2. The Balaban J connectivity index is 1.80. The highest BCUT2D eigenvalue weighted by Crippen LogP contribution is 2.43. The van der Waals surface area contributed by atoms with E-state index in [9.17, 15) is 5.11 Å². The third-order valence-electron chi connectivity index (χ3n) is 9.96. The van der Waals surface area contributed by atoms with Crippen LogP contribution in [0.2, 0.25) is 0 Å². The number of aliphatic hydroxyl groups is 1. The zero-order valence-electron chi connectivity index (χ0n) is 31.5. The van der Waals surface area contributed by atoms with Crippen LogP contribution in [0.5, 0.6) is 0 Å². The summed E-state index contributed by atoms with van der Waals surface area (Å²) < 4.78 is 13.1. The first-order valence-electron chi connectivity index (χ1n) is 17.4. The molecule has 2 atom stereocenters. The summed E-state index contributed by atoms with van der Waals surface area (Å²) in [6, 6.07) is 0.361. The number of aromatic nitrogens is 5. The van der Waals surface area contributed by atoms with Crippen LogP contribution in [0, 0.1) is 0 Å². The van der Waals surface area contributed by atoms with E-state index in [-0.39, 0.29) is 29.3 Å². The second-order valence-corrected chi connectivity index (χ2v) is 14.6. The van der Waals surface area contributed by atoms with Crippen molar-refractivity contribution >= 4 is 22.7 Å². The first-order chi connectivity index (χ1) is 23.1. The van der Waals surface area contributed by atoms with Gasteiger partial charge in [-0.25, -0.2) is 15.0 Å². The Morgan fingerprint density at radius 3 is 2.35 bits per heavy atom. The Hall–Kier alpha value is -3.96. The third kappa shape index (κ3) is 8.80. The zero-order valence-corrected chi connectivity index (χ0v) is 31.5. The molecule has 0 radical (unpaired) electrons. The SMILES string of the molecule is C=C/C(CNc1ncc(-c2cnn(C3CC(C)(C)N(C)C(C)(C)C3)c2)c2nc(N[C@@H](C)CC[C@@H](C)O)c(CC)nc12)=C(\C=C(/C)OC)OC. The second-order valence-electron chi connectivity index (χ2n) is 14.6. The largest absolute Gasteiger partial charge is 0.501 e. The Morgan fingerprint density at radius 1 is 1.06 bits per heavy atom. The molecule has 0 amide bonds. The number of nitrogens with zero attached hydrogens (tertiary/aromatic N) is 6. The molecule has 0 spiro atoms. The smallest absolute Gasteiger partial charge is 0.154 e. The Kier molecular flexibility index (Phi) is 12.1. The summed E-state index contributed by atoms with van der Waals surface area (Å²) in [4.78, 5) is 17.8. The number of pyridine rings is 1. The van der Waals surface area contributed by atoms with Crippen LogP contribution < -0.4 is 10.6 Å². The lowest BCUT2D eigenvalue weighted by atomic mass is 9.77. The molecule has 3 N–H and O–H groups in total. The van der Waals surface area contributed by atoms with Gasteiger partial charge < -0.3 is 25.2 Å². The Morgan fingerprint density at radius 2 is 1.76 bits per heavy atom. The number of hydrogen-bond donors (Lipinski definition) is 3. The lowest BCUT2D eigenvalue weighted by molar-refractivity contribution is -0.0285. The molecule has 0 aliphatic carbocycles. The van der Waals surface area contributed by atoms with Gasteiger partial charge in [-0.05, 0) is 87.6 Å². The number of aryl methyl sites for hydroxylation is 1. The standard InChI is InChI=1S/C38H58N8O3/c1-13-27(32(49-12)17-26(5)48-11)20-39-36-34-33(44-35(31(14-2)43-34)42-24(3)15-16-25(4)47)30(22-40-36)28-21-41-46(23-28)29-18-37(6,7)45(10)38(8,9)19-29/h13,17,21-25,29,47H,1,14-16,18-20H2,2-12H3,(H,39,40)(H,42,44)/b26-17+,32-27-/t24-,25+/m0/s1. The van der Waals surface area contributed by atoms with Crippen LogP contribution in [0.1, 0.15) is 92.8 Å². The molecule has 1 aliphatic rings. The lowest BCUT2D eigenvalue weighted by Gasteiger charge is -2.53. The lowest BCUT2D eigenvalue weighted by Crippen LogP contribution is -2.58. The molecular weight excluding hydrogens is 616 g/mol. The molecule has 11 nitrogen and oxygen atoms in total. The number of hydrogen-bond acceptors (Lipinski definition) is 10. The number of rotatable bonds is 15. The molecule has 1 saturated heterocycles. The number of allylic oxidation sites excluding steroid dienone is 2. The van der Waals surface area contributed by atoms with E-state index in [1.807, 2.05) is 32.3 Å². The minimum absolute atomic E-state index is 0.0344. The molecule has 1 aliphatic heterocycles. The van der Waals surface area contributed by atoms with E-state index < -0.39 is 0 Å². The first kappa shape index (κ1) is 37.9. The molecule has 0 bridgehead atoms. The van der Waals surface area contributed by atoms with Gasteiger partial charge in [0.2, 0.25) is 0 Å². The summed E-state index contributed by atoms with van der Waals surface area (Å²) in [5, 5.41) is 21.8. The maximum atomic E-state index is 9.88. The third-order valence-corrected chi connectivity index (χ3v) is 9.96. The average molecular weight is 675 g/mol. The molecule has 1 fully saturated rings. The normalized spacial score (nSPS) is 18.5. The van der Waals surface area contributed by atoms with E-state index in [0.717, 1.165) is 58.8 Å². The molecule has 0 unspecified atom stereocenters. The van der Waals surface area contributed by atoms with Crippen molar-refractivity contribution in [1.29, 1.82) is 0 Å². The highest BCUT2D eigenvalue weighted by atomic mass is 16.5. The van der Waals surface area contributed by atoms with Crippen LogP contribution in [0.3, 0.4) is 0 Å². The quantitative estimate of drug-likeness (QED) is 0.112. The minimum Gasteiger partial charge on any atom is -0.501 e. The summed E-state index contributed by atoms with van der Waals surface area (Å²) in [5.74, 6) is 2.72. The van der Waals surface area contributed by atoms with Gasteiger partial charge in [-0.3, -0.25) is 9.58 Å². The minimum atomic E-state index is -0.358. The second kappa shape index (κ2) is 15.7. The summed E-state index contributed by atoms with van der Waals surface area (Å²) in [5.41, 5.74) is 4.98. The van der Waals surface area contributed by atoms with Crippen molar-refractivity contribution in [2.45, 2.75) is 117 Å². The van der Waals surface area contributed by atoms with Crippen LogP contribution in [0.15, 0.2) is 54.4 Å². The number of likely N-dealkylation sites (tertiary alicyclic amines) is 1. The van der Waals surface area contributed by atoms with Crippen LogP contribution in [-0.4, -0.2) is 85.8 Å². The maximum Gasteiger partial charge on any atom is 0.154 e. The van der Waals surface area contributed by atoms with Crippen molar-refractivity contribution in [3.63, 3.8) is 0 Å². The predicted octanol–water partition coefficient (Wildman–Crippen LogP) is 7.28. The molecule has 4 rings (SSSR count). The van der Waals surface area contributed by atoms with Crippen LogP contribution in [-0.2, 0) is 15.9 Å². The first-order valence-corrected chi connectivity index (χ1v) is 17.4. The topological polar surface area (TPSA) is 122 Å². The molecule has 11 heteroatoms. The monoisotopic (exact) mass is 674 g/mol. The van der Waals surface area contributed by atoms with Gasteiger partial charge in [0.1, 0.15) is 22.6 Å². The highest BCUT2D eigenvalue weighted by Gasteiger charge is 2.43. The zero-order chi connectivity index (χ0) is 36.1. The molecular formula is C38H58N8O3. The van der Waals surface area contributed by atoms with E-state index in [4.69, 9.17) is 29.5 Å². The Bertz CT molecular complexity index is 1650. The number of aliphatic hydroxyl groups excluding tert-OH is 1. The average Bonchev–Trinajstić information content (AvgIpc) is 3.55. The van der Waals surface area contributed by atoms with Gasteiger partial charge in [0.25, 0.3) is 0 Å². The van der Waals surface area contributed by atoms with Gasteiger partial charge in [0.15, 0.2) is 5.82 Å². The van der Waals surface area contributed by atoms with Crippen LogP contribution >= 0.6 is 0 Å². The summed E-state index contributed by atoms with van der Waals surface area (Å²) in [6.07, 6.45) is 13.3. The fraction of sp³-hybridized carbons (Fsp3) is 0.579. The van der Waals surface area contributed by atoms with Gasteiger partial charge in [-0.2, -0.15) is 5.10 Å². The highest BCUT2D eigenvalue weighted by molar-refractivity contribution is 5.97. The van der Waals surface area contributed by atoms with E-state index in [0.29, 0.717) is 36.5 Å². The van der Waals surface area contributed by atoms with Crippen LogP contribution in [0.25, 0.3) is 22.2 Å². The van der Waals surface area contributed by atoms with Crippen molar-refractivity contribution in [3.8, 4) is 11.1 Å². The van der Waals surface area contributed by atoms with Crippen LogP contribution in [0.4, 0.5) is 11.6 Å². The van der Waals surface area contributed by atoms with E-state index >= 15 is 0 Å². The predicted molar refractivity (Wildman–Crippen MR) is 200 cm³/mol. The van der Waals surface area contributed by atoms with Gasteiger partial charge in [0.05, 0.1) is 44.0 Å². The van der Waals surface area contributed by atoms with E-state index in [1.54, 1.807) is 20.3 Å². The molecule has 3 aromatic heterocycles. The molecule has 4 heterocycles. The number of piperidine rings is 1. The summed E-state index contributed by atoms with van der Waals surface area (Å²) in [6.45, 7) is 21.5.